The smallest absolute Gasteiger partial charge is 0.409 e. The average Bonchev–Trinajstić information content (AvgIpc) is 2.67. The van der Waals surface area contributed by atoms with Crippen molar-refractivity contribution in [3.05, 3.63) is 89.8 Å². The molecule has 2 nitrogen and oxygen atoms in total. The lowest BCUT2D eigenvalue weighted by Gasteiger charge is -2.12. The maximum atomic E-state index is 13.8. The van der Waals surface area contributed by atoms with Crippen LogP contribution in [0.25, 0.3) is 22.0 Å². The van der Waals surface area contributed by atoms with Crippen molar-refractivity contribution in [1.29, 1.82) is 0 Å². The van der Waals surface area contributed by atoms with E-state index >= 15 is 0 Å². The molecule has 1 heterocycles. The minimum atomic E-state index is -0.307. The molecule has 0 N–H and O–H groups in total. The van der Waals surface area contributed by atoms with Gasteiger partial charge < -0.3 is 4.65 Å². The van der Waals surface area contributed by atoms with E-state index < -0.39 is 0 Å². The summed E-state index contributed by atoms with van der Waals surface area (Å²) in [5.41, 5.74) is 3.14. The number of pyridine rings is 1. The van der Waals surface area contributed by atoms with Gasteiger partial charge >= 0.3 is 7.48 Å². The number of hydrogen-bond donors (Lipinski definition) is 0. The molecule has 0 aliphatic carbocycles. The maximum Gasteiger partial charge on any atom is 0.409 e. The van der Waals surface area contributed by atoms with E-state index in [1.807, 2.05) is 42.5 Å². The van der Waals surface area contributed by atoms with Crippen LogP contribution in [-0.4, -0.2) is 12.5 Å². The summed E-state index contributed by atoms with van der Waals surface area (Å²) in [7, 11) is 1.62. The molecule has 0 saturated heterocycles. The largest absolute Gasteiger partial charge is 0.556 e. The van der Waals surface area contributed by atoms with Crippen molar-refractivity contribution in [3.63, 3.8) is 0 Å². The Bertz CT molecular complexity index is 1060. The van der Waals surface area contributed by atoms with Gasteiger partial charge in [0.05, 0.1) is 0 Å². The Morgan fingerprint density at radius 3 is 2.58 bits per heavy atom. The molecule has 125 valence electrons. The van der Waals surface area contributed by atoms with Crippen LogP contribution in [0.2, 0.25) is 5.02 Å². The first-order valence-electron chi connectivity index (χ1n) is 8.10. The quantitative estimate of drug-likeness (QED) is 0.477. The number of aromatic nitrogens is 1. The maximum absolute atomic E-state index is 13.8. The Balaban J connectivity index is 1.67. The van der Waals surface area contributed by atoms with Crippen LogP contribution >= 0.6 is 11.6 Å². The summed E-state index contributed by atoms with van der Waals surface area (Å²) in [6.45, 7) is 0. The molecule has 0 aliphatic heterocycles. The second-order valence-electron chi connectivity index (χ2n) is 5.81. The topological polar surface area (TPSA) is 22.1 Å². The van der Waals surface area contributed by atoms with Gasteiger partial charge in [0.2, 0.25) is 0 Å². The molecule has 26 heavy (non-hydrogen) atoms. The highest BCUT2D eigenvalue weighted by Gasteiger charge is 2.12. The van der Waals surface area contributed by atoms with Gasteiger partial charge in [-0.3, -0.25) is 4.98 Å². The second-order valence-corrected chi connectivity index (χ2v) is 6.24. The molecular weight excluding hydrogens is 348 g/mol. The van der Waals surface area contributed by atoms with Crippen molar-refractivity contribution in [2.45, 2.75) is 0 Å². The van der Waals surface area contributed by atoms with Gasteiger partial charge in [-0.1, -0.05) is 48.0 Å². The van der Waals surface area contributed by atoms with E-state index in [2.05, 4.69) is 4.98 Å². The summed E-state index contributed by atoms with van der Waals surface area (Å²) < 4.78 is 19.7. The number of hydrogen-bond acceptors (Lipinski definition) is 2. The monoisotopic (exact) mass is 360 g/mol. The number of halogens is 2. The predicted molar refractivity (Wildman–Crippen MR) is 105 cm³/mol. The number of fused-ring (bicyclic) bond motifs is 1. The van der Waals surface area contributed by atoms with Gasteiger partial charge in [-0.05, 0) is 53.0 Å². The van der Waals surface area contributed by atoms with Crippen molar-refractivity contribution in [1.82, 2.24) is 4.98 Å². The van der Waals surface area contributed by atoms with Crippen LogP contribution in [0.4, 0.5) is 4.39 Å². The van der Waals surface area contributed by atoms with Crippen molar-refractivity contribution >= 4 is 35.4 Å². The van der Waals surface area contributed by atoms with Gasteiger partial charge in [-0.25, -0.2) is 4.39 Å². The van der Waals surface area contributed by atoms with Gasteiger partial charge in [-0.15, -0.1) is 0 Å². The molecule has 0 bridgehead atoms. The van der Waals surface area contributed by atoms with Crippen molar-refractivity contribution < 1.29 is 9.04 Å². The number of rotatable bonds is 4. The van der Waals surface area contributed by atoms with Crippen LogP contribution in [0.15, 0.2) is 79.0 Å². The fourth-order valence-corrected chi connectivity index (χ4v) is 2.93. The Morgan fingerprint density at radius 1 is 0.923 bits per heavy atom. The van der Waals surface area contributed by atoms with Gasteiger partial charge in [0, 0.05) is 16.6 Å². The molecule has 5 heteroatoms. The lowest BCUT2D eigenvalue weighted by molar-refractivity contribution is 0.610. The van der Waals surface area contributed by atoms with Gasteiger partial charge in [0.1, 0.15) is 17.1 Å². The molecule has 1 radical (unpaired) electrons. The van der Waals surface area contributed by atoms with E-state index in [0.717, 1.165) is 27.5 Å². The Hall–Kier alpha value is -2.85. The highest BCUT2D eigenvalue weighted by Crippen LogP contribution is 2.24. The molecule has 0 aliphatic rings. The molecular formula is C21H13BClFNO. The number of para-hydroxylation sites is 1. The van der Waals surface area contributed by atoms with Crippen molar-refractivity contribution in [2.75, 3.05) is 0 Å². The fourth-order valence-electron chi connectivity index (χ4n) is 2.81. The van der Waals surface area contributed by atoms with Crippen LogP contribution in [0.1, 0.15) is 0 Å². The first-order valence-corrected chi connectivity index (χ1v) is 8.47. The van der Waals surface area contributed by atoms with Gasteiger partial charge in [0.25, 0.3) is 0 Å². The Labute approximate surface area is 156 Å². The third kappa shape index (κ3) is 3.42. The first kappa shape index (κ1) is 16.6. The number of benzene rings is 3. The van der Waals surface area contributed by atoms with Gasteiger partial charge in [-0.2, -0.15) is 0 Å². The summed E-state index contributed by atoms with van der Waals surface area (Å²) in [6, 6.07) is 21.5. The van der Waals surface area contributed by atoms with E-state index in [1.54, 1.807) is 31.9 Å². The molecule has 0 fully saturated rings. The SMILES string of the molecule is Fc1ccc([B]Oc2cccc3cccnc23)c(-c2ccc(Cl)cc2)c1. The normalized spacial score (nSPS) is 10.7. The summed E-state index contributed by atoms with van der Waals surface area (Å²) in [6.07, 6.45) is 1.73. The summed E-state index contributed by atoms with van der Waals surface area (Å²) in [4.78, 5) is 4.38. The molecule has 0 atom stereocenters. The highest BCUT2D eigenvalue weighted by atomic mass is 35.5. The van der Waals surface area contributed by atoms with Crippen LogP contribution < -0.4 is 10.1 Å². The van der Waals surface area contributed by atoms with Crippen molar-refractivity contribution in [2.24, 2.45) is 0 Å². The minimum Gasteiger partial charge on any atom is -0.556 e. The van der Waals surface area contributed by atoms with Crippen LogP contribution in [0, 0.1) is 5.82 Å². The number of nitrogens with zero attached hydrogens (tertiary/aromatic N) is 1. The van der Waals surface area contributed by atoms with E-state index in [1.165, 1.54) is 12.1 Å². The third-order valence-electron chi connectivity index (χ3n) is 4.08. The van der Waals surface area contributed by atoms with Crippen LogP contribution in [-0.2, 0) is 0 Å². The minimum absolute atomic E-state index is 0.307. The molecule has 0 saturated carbocycles. The highest BCUT2D eigenvalue weighted by molar-refractivity contribution is 6.50. The second kappa shape index (κ2) is 7.18. The zero-order valence-electron chi connectivity index (χ0n) is 13.7. The average molecular weight is 361 g/mol. The van der Waals surface area contributed by atoms with Crippen LogP contribution in [0.5, 0.6) is 5.75 Å². The zero-order valence-corrected chi connectivity index (χ0v) is 14.5. The van der Waals surface area contributed by atoms with E-state index in [4.69, 9.17) is 16.3 Å². The zero-order chi connectivity index (χ0) is 17.9. The van der Waals surface area contributed by atoms with E-state index in [-0.39, 0.29) is 5.82 Å². The molecule has 0 spiro atoms. The van der Waals surface area contributed by atoms with E-state index in [0.29, 0.717) is 10.8 Å². The summed E-state index contributed by atoms with van der Waals surface area (Å²) >= 11 is 5.95. The molecule has 0 amide bonds. The molecule has 1 aromatic heterocycles. The fraction of sp³-hybridized carbons (Fsp3) is 0. The van der Waals surface area contributed by atoms with Crippen molar-refractivity contribution in [3.8, 4) is 16.9 Å². The first-order chi connectivity index (χ1) is 12.7. The van der Waals surface area contributed by atoms with Gasteiger partial charge in [0.15, 0.2) is 0 Å². The lowest BCUT2D eigenvalue weighted by Crippen LogP contribution is -2.23. The Kier molecular flexibility index (Phi) is 4.59. The predicted octanol–water partition coefficient (Wildman–Crippen LogP) is 5.02. The molecule has 3 aromatic carbocycles. The molecule has 0 unspecified atom stereocenters. The summed E-state index contributed by atoms with van der Waals surface area (Å²) in [5, 5.41) is 1.63. The standard InChI is InChI=1S/C21H13BClFNO/c23-16-8-6-14(7-9-16)18-13-17(24)10-11-19(18)22-26-20-5-1-3-15-4-2-12-25-21(15)20/h1-13H. The molecule has 4 rings (SSSR count). The third-order valence-corrected chi connectivity index (χ3v) is 4.33. The Morgan fingerprint density at radius 2 is 1.73 bits per heavy atom. The van der Waals surface area contributed by atoms with Crippen LogP contribution in [0.3, 0.4) is 0 Å². The van der Waals surface area contributed by atoms with E-state index in [9.17, 15) is 4.39 Å². The summed E-state index contributed by atoms with van der Waals surface area (Å²) in [5.74, 6) is 0.341. The lowest BCUT2D eigenvalue weighted by atomic mass is 9.81. The molecule has 4 aromatic rings.